The Kier molecular flexibility index (Phi) is 3.09. The molecule has 1 amide bonds. The highest BCUT2D eigenvalue weighted by atomic mass is 19.1. The number of amides is 1. The van der Waals surface area contributed by atoms with E-state index in [4.69, 9.17) is 0 Å². The first-order valence-electron chi connectivity index (χ1n) is 4.84. The van der Waals surface area contributed by atoms with Crippen molar-refractivity contribution in [3.63, 3.8) is 0 Å². The van der Waals surface area contributed by atoms with Gasteiger partial charge in [0.1, 0.15) is 11.5 Å². The Balaban J connectivity index is 2.14. The predicted molar refractivity (Wildman–Crippen MR) is 58.5 cm³/mol. The van der Waals surface area contributed by atoms with Crippen LogP contribution in [0.1, 0.15) is 10.5 Å². The third-order valence-corrected chi connectivity index (χ3v) is 2.05. The second-order valence-electron chi connectivity index (χ2n) is 3.31. The van der Waals surface area contributed by atoms with E-state index in [1.807, 2.05) is 0 Å². The highest BCUT2D eigenvalue weighted by molar-refractivity contribution is 6.02. The lowest BCUT2D eigenvalue weighted by Crippen LogP contribution is -2.14. The first-order chi connectivity index (χ1) is 8.15. The van der Waals surface area contributed by atoms with Gasteiger partial charge in [-0.15, -0.1) is 0 Å². The molecular weight excluding hydrogens is 226 g/mol. The van der Waals surface area contributed by atoms with Gasteiger partial charge in [0.25, 0.3) is 5.91 Å². The number of nitrogens with one attached hydrogen (secondary N) is 1. The molecule has 0 saturated heterocycles. The molecule has 1 aromatic carbocycles. The van der Waals surface area contributed by atoms with Crippen molar-refractivity contribution in [3.05, 3.63) is 59.9 Å². The fraction of sp³-hybridized carbons (Fsp3) is 0. The maximum absolute atomic E-state index is 12.8. The third kappa shape index (κ3) is 2.84. The lowest BCUT2D eigenvalue weighted by molar-refractivity contribution is 0.102. The van der Waals surface area contributed by atoms with Gasteiger partial charge in [-0.3, -0.25) is 4.79 Å². The molecule has 0 radical (unpaired) electrons. The molecule has 1 aromatic heterocycles. The number of aromatic nitrogens is 1. The molecule has 0 aliphatic carbocycles. The number of carbonyl (C=O) groups is 1. The summed E-state index contributed by atoms with van der Waals surface area (Å²) in [6.45, 7) is 0. The number of rotatable bonds is 2. The summed E-state index contributed by atoms with van der Waals surface area (Å²) < 4.78 is 25.4. The van der Waals surface area contributed by atoms with Crippen molar-refractivity contribution < 1.29 is 13.6 Å². The summed E-state index contributed by atoms with van der Waals surface area (Å²) in [6.07, 6.45) is 0. The highest BCUT2D eigenvalue weighted by Crippen LogP contribution is 2.09. The number of carbonyl (C=O) groups excluding carboxylic acids is 1. The molecule has 0 fully saturated rings. The molecule has 0 unspecified atom stereocenters. The van der Waals surface area contributed by atoms with Crippen LogP contribution in [0.2, 0.25) is 0 Å². The van der Waals surface area contributed by atoms with E-state index < -0.39 is 17.7 Å². The first kappa shape index (κ1) is 11.2. The van der Waals surface area contributed by atoms with E-state index in [-0.39, 0.29) is 5.69 Å². The number of pyridine rings is 1. The summed E-state index contributed by atoms with van der Waals surface area (Å²) in [4.78, 5) is 15.1. The first-order valence-corrected chi connectivity index (χ1v) is 4.84. The number of nitrogens with zero attached hydrogens (tertiary/aromatic N) is 1. The van der Waals surface area contributed by atoms with Crippen molar-refractivity contribution in [2.45, 2.75) is 0 Å². The Labute approximate surface area is 96.1 Å². The summed E-state index contributed by atoms with van der Waals surface area (Å²) in [5, 5.41) is 2.48. The molecule has 0 atom stereocenters. The smallest absolute Gasteiger partial charge is 0.274 e. The molecule has 86 valence electrons. The predicted octanol–water partition coefficient (Wildman–Crippen LogP) is 2.61. The molecule has 2 aromatic rings. The van der Waals surface area contributed by atoms with Gasteiger partial charge < -0.3 is 5.32 Å². The Hall–Kier alpha value is -2.30. The van der Waals surface area contributed by atoms with Crippen LogP contribution in [0.5, 0.6) is 0 Å². The van der Waals surface area contributed by atoms with Crippen LogP contribution in [0.25, 0.3) is 0 Å². The average molecular weight is 234 g/mol. The second-order valence-corrected chi connectivity index (χ2v) is 3.31. The van der Waals surface area contributed by atoms with Gasteiger partial charge in [0, 0.05) is 5.69 Å². The molecule has 0 spiro atoms. The van der Waals surface area contributed by atoms with Crippen LogP contribution in [-0.4, -0.2) is 10.9 Å². The molecule has 5 heteroatoms. The Morgan fingerprint density at radius 2 is 1.76 bits per heavy atom. The monoisotopic (exact) mass is 234 g/mol. The van der Waals surface area contributed by atoms with Crippen LogP contribution < -0.4 is 5.32 Å². The summed E-state index contributed by atoms with van der Waals surface area (Å²) in [7, 11) is 0. The van der Waals surface area contributed by atoms with E-state index in [2.05, 4.69) is 10.3 Å². The van der Waals surface area contributed by atoms with Crippen LogP contribution in [0.15, 0.2) is 42.5 Å². The molecule has 3 nitrogen and oxygen atoms in total. The lowest BCUT2D eigenvalue weighted by atomic mass is 10.3. The van der Waals surface area contributed by atoms with E-state index in [0.717, 1.165) is 6.07 Å². The third-order valence-electron chi connectivity index (χ3n) is 2.05. The summed E-state index contributed by atoms with van der Waals surface area (Å²) >= 11 is 0. The zero-order valence-electron chi connectivity index (χ0n) is 8.65. The van der Waals surface area contributed by atoms with Crippen LogP contribution in [0, 0.1) is 11.8 Å². The zero-order valence-corrected chi connectivity index (χ0v) is 8.65. The highest BCUT2D eigenvalue weighted by Gasteiger charge is 2.08. The summed E-state index contributed by atoms with van der Waals surface area (Å²) in [5.74, 6) is -1.67. The molecule has 0 aliphatic heterocycles. The summed E-state index contributed by atoms with van der Waals surface area (Å²) in [6, 6.07) is 9.18. The van der Waals surface area contributed by atoms with Crippen molar-refractivity contribution in [2.24, 2.45) is 0 Å². The van der Waals surface area contributed by atoms with Gasteiger partial charge in [0.15, 0.2) is 0 Å². The molecule has 2 rings (SSSR count). The fourth-order valence-electron chi connectivity index (χ4n) is 1.26. The Bertz CT molecular complexity index is 540. The van der Waals surface area contributed by atoms with E-state index in [0.29, 0.717) is 5.69 Å². The van der Waals surface area contributed by atoms with Crippen molar-refractivity contribution in [1.82, 2.24) is 4.98 Å². The summed E-state index contributed by atoms with van der Waals surface area (Å²) in [5.41, 5.74) is 0.386. The minimum absolute atomic E-state index is 0.0330. The van der Waals surface area contributed by atoms with Gasteiger partial charge in [-0.05, 0) is 36.4 Å². The van der Waals surface area contributed by atoms with Gasteiger partial charge in [-0.1, -0.05) is 6.07 Å². The number of hydrogen-bond acceptors (Lipinski definition) is 2. The van der Waals surface area contributed by atoms with Crippen LogP contribution in [-0.2, 0) is 0 Å². The maximum Gasteiger partial charge on any atom is 0.274 e. The van der Waals surface area contributed by atoms with Gasteiger partial charge in [0.05, 0.1) is 0 Å². The van der Waals surface area contributed by atoms with Crippen molar-refractivity contribution in [1.29, 1.82) is 0 Å². The standard InChI is InChI=1S/C12H8F2N2O/c13-8-4-6-9(7-5-8)15-12(17)10-2-1-3-11(14)16-10/h1-7H,(H,15,17). The molecular formula is C12H8F2N2O. The fourth-order valence-corrected chi connectivity index (χ4v) is 1.26. The Morgan fingerprint density at radius 3 is 2.41 bits per heavy atom. The number of hydrogen-bond donors (Lipinski definition) is 1. The maximum atomic E-state index is 12.8. The van der Waals surface area contributed by atoms with Crippen molar-refractivity contribution in [2.75, 3.05) is 5.32 Å². The zero-order chi connectivity index (χ0) is 12.3. The van der Waals surface area contributed by atoms with E-state index in [1.165, 1.54) is 36.4 Å². The molecule has 0 saturated carbocycles. The second kappa shape index (κ2) is 4.69. The molecule has 0 aliphatic rings. The van der Waals surface area contributed by atoms with E-state index in [1.54, 1.807) is 0 Å². The van der Waals surface area contributed by atoms with Crippen molar-refractivity contribution >= 4 is 11.6 Å². The van der Waals surface area contributed by atoms with Gasteiger partial charge in [0.2, 0.25) is 5.95 Å². The average Bonchev–Trinajstić information content (AvgIpc) is 2.32. The SMILES string of the molecule is O=C(Nc1ccc(F)cc1)c1cccc(F)n1. The van der Waals surface area contributed by atoms with Crippen LogP contribution >= 0.6 is 0 Å². The molecule has 1 heterocycles. The lowest BCUT2D eigenvalue weighted by Gasteiger charge is -2.04. The minimum atomic E-state index is -0.725. The topological polar surface area (TPSA) is 42.0 Å². The van der Waals surface area contributed by atoms with Gasteiger partial charge >= 0.3 is 0 Å². The molecule has 0 bridgehead atoms. The van der Waals surface area contributed by atoms with E-state index >= 15 is 0 Å². The van der Waals surface area contributed by atoms with Crippen LogP contribution in [0.4, 0.5) is 14.5 Å². The normalized spacial score (nSPS) is 10.0. The number of benzene rings is 1. The molecule has 1 N–H and O–H groups in total. The quantitative estimate of drug-likeness (QED) is 0.811. The number of anilines is 1. The van der Waals surface area contributed by atoms with Crippen LogP contribution in [0.3, 0.4) is 0 Å². The van der Waals surface area contributed by atoms with Gasteiger partial charge in [-0.25, -0.2) is 9.37 Å². The number of halogens is 2. The largest absolute Gasteiger partial charge is 0.321 e. The van der Waals surface area contributed by atoms with E-state index in [9.17, 15) is 13.6 Å². The van der Waals surface area contributed by atoms with Crippen molar-refractivity contribution in [3.8, 4) is 0 Å². The van der Waals surface area contributed by atoms with Gasteiger partial charge in [-0.2, -0.15) is 4.39 Å². The molecule has 17 heavy (non-hydrogen) atoms. The Morgan fingerprint density at radius 1 is 1.06 bits per heavy atom. The minimum Gasteiger partial charge on any atom is -0.321 e.